The highest BCUT2D eigenvalue weighted by molar-refractivity contribution is 6.02. The van der Waals surface area contributed by atoms with Gasteiger partial charge in [0.2, 0.25) is 11.8 Å². The van der Waals surface area contributed by atoms with E-state index in [1.54, 1.807) is 20.8 Å². The molecule has 29 heavy (non-hydrogen) atoms. The van der Waals surface area contributed by atoms with Gasteiger partial charge in [0.15, 0.2) is 11.5 Å². The molecule has 2 heterocycles. The first-order valence-corrected chi connectivity index (χ1v) is 10.5. The number of hydrogen-bond donors (Lipinski definition) is 2. The first-order valence-electron chi connectivity index (χ1n) is 10.5. The van der Waals surface area contributed by atoms with Gasteiger partial charge in [-0.1, -0.05) is 33.6 Å². The van der Waals surface area contributed by atoms with Gasteiger partial charge in [0.1, 0.15) is 0 Å². The predicted octanol–water partition coefficient (Wildman–Crippen LogP) is 2.37. The maximum absolute atomic E-state index is 12.7. The number of piperidine rings is 1. The number of aromatic nitrogens is 2. The van der Waals surface area contributed by atoms with Gasteiger partial charge in [-0.2, -0.15) is 0 Å². The van der Waals surface area contributed by atoms with Crippen LogP contribution in [-0.4, -0.2) is 51.7 Å². The number of anilines is 1. The summed E-state index contributed by atoms with van der Waals surface area (Å²) in [5.41, 5.74) is -0.501. The molecule has 1 aromatic heterocycles. The van der Waals surface area contributed by atoms with Crippen LogP contribution in [0.3, 0.4) is 0 Å². The molecule has 0 radical (unpaired) electrons. The second kappa shape index (κ2) is 8.88. The van der Waals surface area contributed by atoms with Crippen LogP contribution in [0.15, 0.2) is 12.4 Å². The van der Waals surface area contributed by atoms with E-state index in [2.05, 4.69) is 20.6 Å². The fourth-order valence-electron chi connectivity index (χ4n) is 3.82. The Hall–Kier alpha value is -2.51. The number of amides is 3. The van der Waals surface area contributed by atoms with Crippen molar-refractivity contribution in [2.45, 2.75) is 65.3 Å². The lowest BCUT2D eigenvalue weighted by atomic mass is 9.96. The average Bonchev–Trinajstić information content (AvgIpc) is 3.22. The number of likely N-dealkylation sites (tertiary alicyclic amines) is 1. The molecule has 1 saturated carbocycles. The van der Waals surface area contributed by atoms with Gasteiger partial charge in [-0.15, -0.1) is 0 Å². The van der Waals surface area contributed by atoms with Crippen LogP contribution in [0.1, 0.15) is 69.8 Å². The minimum Gasteiger partial charge on any atom is -0.348 e. The Kier molecular flexibility index (Phi) is 6.49. The molecule has 1 aromatic rings. The van der Waals surface area contributed by atoms with E-state index in [0.29, 0.717) is 25.9 Å². The Labute approximate surface area is 171 Å². The van der Waals surface area contributed by atoms with Gasteiger partial charge in [-0.3, -0.25) is 14.4 Å². The number of carbonyl (C=O) groups is 3. The molecule has 2 fully saturated rings. The highest BCUT2D eigenvalue weighted by atomic mass is 16.2. The molecule has 3 amide bonds. The Morgan fingerprint density at radius 3 is 2.24 bits per heavy atom. The third-order valence-corrected chi connectivity index (χ3v) is 5.67. The van der Waals surface area contributed by atoms with E-state index in [-0.39, 0.29) is 41.2 Å². The normalized spacial score (nSPS) is 18.5. The maximum atomic E-state index is 12.7. The number of rotatable bonds is 4. The third kappa shape index (κ3) is 5.31. The van der Waals surface area contributed by atoms with Crippen LogP contribution in [0, 0.1) is 11.3 Å². The molecular weight excluding hydrogens is 370 g/mol. The number of carbonyl (C=O) groups excluding carboxylic acids is 3. The van der Waals surface area contributed by atoms with Gasteiger partial charge in [-0.25, -0.2) is 9.97 Å². The van der Waals surface area contributed by atoms with Crippen LogP contribution < -0.4 is 10.6 Å². The fourth-order valence-corrected chi connectivity index (χ4v) is 3.82. The van der Waals surface area contributed by atoms with Crippen molar-refractivity contribution in [3.8, 4) is 0 Å². The van der Waals surface area contributed by atoms with Crippen LogP contribution >= 0.6 is 0 Å². The van der Waals surface area contributed by atoms with Crippen molar-refractivity contribution in [1.29, 1.82) is 0 Å². The first kappa shape index (κ1) is 21.2. The molecule has 0 unspecified atom stereocenters. The van der Waals surface area contributed by atoms with E-state index in [1.165, 1.54) is 12.4 Å². The molecule has 0 bridgehead atoms. The molecule has 158 valence electrons. The van der Waals surface area contributed by atoms with E-state index in [4.69, 9.17) is 0 Å². The van der Waals surface area contributed by atoms with Crippen molar-refractivity contribution in [1.82, 2.24) is 20.2 Å². The minimum atomic E-state index is -0.607. The Morgan fingerprint density at radius 1 is 1.00 bits per heavy atom. The average molecular weight is 402 g/mol. The first-order chi connectivity index (χ1) is 13.8. The van der Waals surface area contributed by atoms with E-state index in [0.717, 1.165) is 25.7 Å². The lowest BCUT2D eigenvalue weighted by Gasteiger charge is -2.34. The standard InChI is InChI=1S/C21H31N5O3/c1-21(2,3)20(29)25-17-16(22-10-11-23-17)18(27)24-15-8-12-26(13-9-15)19(28)14-6-4-5-7-14/h10-11,14-15H,4-9,12-13H2,1-3H3,(H,24,27)(H,23,25,29). The van der Waals surface area contributed by atoms with Crippen LogP contribution in [0.5, 0.6) is 0 Å². The van der Waals surface area contributed by atoms with Crippen LogP contribution in [0.2, 0.25) is 0 Å². The van der Waals surface area contributed by atoms with Crippen LogP contribution in [0.25, 0.3) is 0 Å². The third-order valence-electron chi connectivity index (χ3n) is 5.67. The van der Waals surface area contributed by atoms with E-state index >= 15 is 0 Å². The zero-order valence-corrected chi connectivity index (χ0v) is 17.5. The second-order valence-electron chi connectivity index (χ2n) is 9.01. The molecule has 0 aromatic carbocycles. The van der Waals surface area contributed by atoms with Gasteiger partial charge >= 0.3 is 0 Å². The largest absolute Gasteiger partial charge is 0.348 e. The molecule has 2 N–H and O–H groups in total. The van der Waals surface area contributed by atoms with Crippen molar-refractivity contribution in [3.63, 3.8) is 0 Å². The Bertz CT molecular complexity index is 760. The highest BCUT2D eigenvalue weighted by Gasteiger charge is 2.31. The van der Waals surface area contributed by atoms with Gasteiger partial charge in [0.25, 0.3) is 5.91 Å². The van der Waals surface area contributed by atoms with Gasteiger partial charge in [0.05, 0.1) is 0 Å². The fraction of sp³-hybridized carbons (Fsp3) is 0.667. The number of nitrogens with zero attached hydrogens (tertiary/aromatic N) is 3. The Morgan fingerprint density at radius 2 is 1.62 bits per heavy atom. The van der Waals surface area contributed by atoms with Crippen molar-refractivity contribution < 1.29 is 14.4 Å². The summed E-state index contributed by atoms with van der Waals surface area (Å²) in [6, 6.07) is -0.0247. The smallest absolute Gasteiger partial charge is 0.273 e. The second-order valence-corrected chi connectivity index (χ2v) is 9.01. The topological polar surface area (TPSA) is 104 Å². The summed E-state index contributed by atoms with van der Waals surface area (Å²) in [7, 11) is 0. The lowest BCUT2D eigenvalue weighted by Crippen LogP contribution is -2.48. The molecule has 8 heteroatoms. The quantitative estimate of drug-likeness (QED) is 0.806. The van der Waals surface area contributed by atoms with Gasteiger partial charge in [-0.05, 0) is 25.7 Å². The zero-order chi connectivity index (χ0) is 21.0. The molecule has 0 atom stereocenters. The van der Waals surface area contributed by atoms with E-state index in [1.807, 2.05) is 4.90 Å². The summed E-state index contributed by atoms with van der Waals surface area (Å²) in [6.45, 7) is 6.69. The molecule has 1 saturated heterocycles. The number of nitrogens with one attached hydrogen (secondary N) is 2. The molecule has 1 aliphatic carbocycles. The maximum Gasteiger partial charge on any atom is 0.273 e. The number of hydrogen-bond acceptors (Lipinski definition) is 5. The summed E-state index contributed by atoms with van der Waals surface area (Å²) >= 11 is 0. The van der Waals surface area contributed by atoms with Crippen molar-refractivity contribution >= 4 is 23.5 Å². The van der Waals surface area contributed by atoms with Crippen LogP contribution in [-0.2, 0) is 9.59 Å². The summed E-state index contributed by atoms with van der Waals surface area (Å²) in [4.78, 5) is 47.7. The molecule has 3 rings (SSSR count). The highest BCUT2D eigenvalue weighted by Crippen LogP contribution is 2.27. The van der Waals surface area contributed by atoms with Crippen molar-refractivity contribution in [2.24, 2.45) is 11.3 Å². The van der Waals surface area contributed by atoms with Gasteiger partial charge < -0.3 is 15.5 Å². The van der Waals surface area contributed by atoms with Crippen LogP contribution in [0.4, 0.5) is 5.82 Å². The molecule has 1 aliphatic heterocycles. The predicted molar refractivity (Wildman–Crippen MR) is 109 cm³/mol. The Balaban J connectivity index is 1.56. The van der Waals surface area contributed by atoms with Crippen molar-refractivity contribution in [3.05, 3.63) is 18.1 Å². The van der Waals surface area contributed by atoms with Crippen molar-refractivity contribution in [2.75, 3.05) is 18.4 Å². The monoisotopic (exact) mass is 401 g/mol. The molecule has 2 aliphatic rings. The van der Waals surface area contributed by atoms with Gasteiger partial charge in [0, 0.05) is 42.9 Å². The summed E-state index contributed by atoms with van der Waals surface area (Å²) < 4.78 is 0. The molecule has 0 spiro atoms. The SMILES string of the molecule is CC(C)(C)C(=O)Nc1nccnc1C(=O)NC1CCN(C(=O)C2CCCC2)CC1. The molecular formula is C21H31N5O3. The lowest BCUT2D eigenvalue weighted by molar-refractivity contribution is -0.136. The minimum absolute atomic E-state index is 0.0247. The summed E-state index contributed by atoms with van der Waals surface area (Å²) in [6.07, 6.45) is 8.62. The molecule has 8 nitrogen and oxygen atoms in total. The van der Waals surface area contributed by atoms with E-state index < -0.39 is 5.41 Å². The summed E-state index contributed by atoms with van der Waals surface area (Å²) in [5, 5.41) is 5.68. The van der Waals surface area contributed by atoms with E-state index in [9.17, 15) is 14.4 Å². The zero-order valence-electron chi connectivity index (χ0n) is 17.5. The summed E-state index contributed by atoms with van der Waals surface area (Å²) in [5.74, 6) is 0.0375.